The normalized spacial score (nSPS) is 10.9. The van der Waals surface area contributed by atoms with Gasteiger partial charge >= 0.3 is 5.97 Å². The largest absolute Gasteiger partial charge is 0.493 e. The van der Waals surface area contributed by atoms with Gasteiger partial charge in [0.1, 0.15) is 5.76 Å². The van der Waals surface area contributed by atoms with E-state index in [-0.39, 0.29) is 0 Å². The molecule has 1 aromatic rings. The van der Waals surface area contributed by atoms with Crippen LogP contribution in [0.4, 0.5) is 0 Å². The van der Waals surface area contributed by atoms with Gasteiger partial charge in [-0.2, -0.15) is 4.98 Å². The van der Waals surface area contributed by atoms with Gasteiger partial charge in [-0.1, -0.05) is 0 Å². The van der Waals surface area contributed by atoms with Gasteiger partial charge in [0.05, 0.1) is 39.1 Å². The summed E-state index contributed by atoms with van der Waals surface area (Å²) in [5.74, 6) is 0.595. The van der Waals surface area contributed by atoms with Crippen molar-refractivity contribution in [1.29, 1.82) is 0 Å². The lowest BCUT2D eigenvalue weighted by Gasteiger charge is -2.12. The number of hydrogen-bond donors (Lipinski definition) is 0. The summed E-state index contributed by atoms with van der Waals surface area (Å²) in [5.41, 5.74) is 0.559. The molecule has 0 atom stereocenters. The standard InChI is InChI=1S/C14H19NO5/c1-5-19-11(9-13(16)20-6-2)10-7-8-12(17-3)15-14(10)18-4/h7-9H,5-6H2,1-4H3. The van der Waals surface area contributed by atoms with E-state index in [4.69, 9.17) is 18.9 Å². The van der Waals surface area contributed by atoms with Crippen LogP contribution in [0.15, 0.2) is 18.2 Å². The summed E-state index contributed by atoms with van der Waals surface area (Å²) in [7, 11) is 3.00. The first kappa shape index (κ1) is 15.8. The van der Waals surface area contributed by atoms with E-state index >= 15 is 0 Å². The zero-order valence-electron chi connectivity index (χ0n) is 12.1. The lowest BCUT2D eigenvalue weighted by molar-refractivity contribution is -0.137. The Morgan fingerprint density at radius 3 is 2.40 bits per heavy atom. The molecule has 6 nitrogen and oxygen atoms in total. The average molecular weight is 281 g/mol. The Labute approximate surface area is 118 Å². The fraction of sp³-hybridized carbons (Fsp3) is 0.429. The summed E-state index contributed by atoms with van der Waals surface area (Å²) in [6, 6.07) is 3.38. The van der Waals surface area contributed by atoms with Gasteiger partial charge in [0.15, 0.2) is 0 Å². The fourth-order valence-electron chi connectivity index (χ4n) is 1.52. The van der Waals surface area contributed by atoms with E-state index in [1.165, 1.54) is 20.3 Å². The topological polar surface area (TPSA) is 66.9 Å². The summed E-state index contributed by atoms with van der Waals surface area (Å²) in [6.07, 6.45) is 1.28. The molecule has 0 aromatic carbocycles. The lowest BCUT2D eigenvalue weighted by atomic mass is 10.2. The highest BCUT2D eigenvalue weighted by Crippen LogP contribution is 2.27. The third-order valence-electron chi connectivity index (χ3n) is 2.34. The molecule has 0 saturated heterocycles. The molecule has 0 saturated carbocycles. The van der Waals surface area contributed by atoms with Gasteiger partial charge in [0, 0.05) is 6.07 Å². The third kappa shape index (κ3) is 4.15. The SMILES string of the molecule is CCOC(=O)C=C(OCC)c1ccc(OC)nc1OC. The Hall–Kier alpha value is -2.24. The predicted octanol–water partition coefficient (Wildman–Crippen LogP) is 2.04. The Morgan fingerprint density at radius 2 is 1.85 bits per heavy atom. The predicted molar refractivity (Wildman–Crippen MR) is 73.6 cm³/mol. The number of methoxy groups -OCH3 is 2. The van der Waals surface area contributed by atoms with Crippen LogP contribution in [0.5, 0.6) is 11.8 Å². The van der Waals surface area contributed by atoms with Gasteiger partial charge < -0.3 is 18.9 Å². The highest BCUT2D eigenvalue weighted by atomic mass is 16.5. The molecule has 0 fully saturated rings. The van der Waals surface area contributed by atoms with Crippen molar-refractivity contribution in [2.24, 2.45) is 0 Å². The van der Waals surface area contributed by atoms with Crippen LogP contribution in [0, 0.1) is 0 Å². The summed E-state index contributed by atoms with van der Waals surface area (Å²) >= 11 is 0. The molecule has 0 spiro atoms. The molecular formula is C14H19NO5. The van der Waals surface area contributed by atoms with Crippen LogP contribution in [0.25, 0.3) is 5.76 Å². The van der Waals surface area contributed by atoms with E-state index in [1.807, 2.05) is 6.92 Å². The number of aromatic nitrogens is 1. The average Bonchev–Trinajstić information content (AvgIpc) is 2.46. The van der Waals surface area contributed by atoms with Gasteiger partial charge in [0.25, 0.3) is 0 Å². The second-order valence-electron chi connectivity index (χ2n) is 3.60. The van der Waals surface area contributed by atoms with Crippen molar-refractivity contribution in [3.63, 3.8) is 0 Å². The molecule has 1 heterocycles. The second-order valence-corrected chi connectivity index (χ2v) is 3.60. The number of esters is 1. The number of carbonyl (C=O) groups is 1. The number of rotatable bonds is 7. The van der Waals surface area contributed by atoms with Crippen LogP contribution in [0.3, 0.4) is 0 Å². The molecule has 0 aliphatic heterocycles. The van der Waals surface area contributed by atoms with Crippen molar-refractivity contribution in [2.75, 3.05) is 27.4 Å². The van der Waals surface area contributed by atoms with Gasteiger partial charge in [-0.15, -0.1) is 0 Å². The minimum Gasteiger partial charge on any atom is -0.493 e. The van der Waals surface area contributed by atoms with Crippen molar-refractivity contribution in [2.45, 2.75) is 13.8 Å². The number of pyridine rings is 1. The molecule has 0 aliphatic rings. The van der Waals surface area contributed by atoms with Crippen molar-refractivity contribution in [3.05, 3.63) is 23.8 Å². The van der Waals surface area contributed by atoms with E-state index < -0.39 is 5.97 Å². The highest BCUT2D eigenvalue weighted by molar-refractivity contribution is 5.90. The molecule has 6 heteroatoms. The highest BCUT2D eigenvalue weighted by Gasteiger charge is 2.14. The van der Waals surface area contributed by atoms with Crippen molar-refractivity contribution in [3.8, 4) is 11.8 Å². The first-order chi connectivity index (χ1) is 9.65. The van der Waals surface area contributed by atoms with Gasteiger partial charge in [-0.25, -0.2) is 4.79 Å². The van der Waals surface area contributed by atoms with E-state index in [0.717, 1.165) is 0 Å². The van der Waals surface area contributed by atoms with Crippen molar-refractivity contribution < 1.29 is 23.7 Å². The second kappa shape index (κ2) is 8.04. The molecule has 1 rings (SSSR count). The maximum Gasteiger partial charge on any atom is 0.334 e. The number of carbonyl (C=O) groups excluding carboxylic acids is 1. The van der Waals surface area contributed by atoms with Crippen LogP contribution < -0.4 is 9.47 Å². The fourth-order valence-corrected chi connectivity index (χ4v) is 1.52. The van der Waals surface area contributed by atoms with Crippen LogP contribution in [-0.4, -0.2) is 38.4 Å². The minimum absolute atomic E-state index is 0.298. The van der Waals surface area contributed by atoms with Crippen LogP contribution in [0.1, 0.15) is 19.4 Å². The summed E-state index contributed by atoms with van der Waals surface area (Å²) in [6.45, 7) is 4.26. The van der Waals surface area contributed by atoms with Crippen LogP contribution in [-0.2, 0) is 14.3 Å². The molecule has 0 N–H and O–H groups in total. The first-order valence-corrected chi connectivity index (χ1v) is 6.26. The van der Waals surface area contributed by atoms with Crippen LogP contribution in [0.2, 0.25) is 0 Å². The summed E-state index contributed by atoms with van der Waals surface area (Å²) in [4.78, 5) is 15.7. The molecule has 0 bridgehead atoms. The third-order valence-corrected chi connectivity index (χ3v) is 2.34. The van der Waals surface area contributed by atoms with Gasteiger partial charge in [-0.05, 0) is 19.9 Å². The Morgan fingerprint density at radius 1 is 1.15 bits per heavy atom. The smallest absolute Gasteiger partial charge is 0.334 e. The van der Waals surface area contributed by atoms with Crippen molar-refractivity contribution in [1.82, 2.24) is 4.98 Å². The first-order valence-electron chi connectivity index (χ1n) is 6.26. The van der Waals surface area contributed by atoms with Crippen LogP contribution >= 0.6 is 0 Å². The Bertz CT molecular complexity index is 484. The monoisotopic (exact) mass is 281 g/mol. The van der Waals surface area contributed by atoms with Crippen molar-refractivity contribution >= 4 is 11.7 Å². The molecule has 0 unspecified atom stereocenters. The number of nitrogens with zero attached hydrogens (tertiary/aromatic N) is 1. The van der Waals surface area contributed by atoms with Gasteiger partial charge in [0.2, 0.25) is 11.8 Å². The quantitative estimate of drug-likeness (QED) is 0.433. The zero-order chi connectivity index (χ0) is 15.0. The minimum atomic E-state index is -0.478. The Balaban J connectivity index is 3.17. The van der Waals surface area contributed by atoms with E-state index in [0.29, 0.717) is 36.3 Å². The maximum atomic E-state index is 11.6. The lowest BCUT2D eigenvalue weighted by Crippen LogP contribution is -2.04. The maximum absolute atomic E-state index is 11.6. The summed E-state index contributed by atoms with van der Waals surface area (Å²) in [5, 5.41) is 0. The molecule has 1 aromatic heterocycles. The molecule has 20 heavy (non-hydrogen) atoms. The number of ether oxygens (including phenoxy) is 4. The molecular weight excluding hydrogens is 262 g/mol. The molecule has 110 valence electrons. The van der Waals surface area contributed by atoms with E-state index in [2.05, 4.69) is 4.98 Å². The Kier molecular flexibility index (Phi) is 6.36. The zero-order valence-corrected chi connectivity index (χ0v) is 12.1. The summed E-state index contributed by atoms with van der Waals surface area (Å²) < 4.78 is 20.6. The van der Waals surface area contributed by atoms with E-state index in [9.17, 15) is 4.79 Å². The molecule has 0 radical (unpaired) electrons. The molecule has 0 aliphatic carbocycles. The number of hydrogen-bond acceptors (Lipinski definition) is 6. The molecule has 0 amide bonds. The van der Waals surface area contributed by atoms with E-state index in [1.54, 1.807) is 19.1 Å². The van der Waals surface area contributed by atoms with Gasteiger partial charge in [-0.3, -0.25) is 0 Å².